The maximum Gasteiger partial charge on any atom is 0.339 e. The van der Waals surface area contributed by atoms with E-state index in [4.69, 9.17) is 5.11 Å². The molecular weight excluding hydrogens is 304 g/mol. The number of carboxylic acid groups (broad SMARTS) is 1. The number of methoxy groups -OCH3 is 1. The molecule has 9 nitrogen and oxygen atoms in total. The number of carboxylic acids is 1. The first kappa shape index (κ1) is 16.0. The van der Waals surface area contributed by atoms with E-state index >= 15 is 0 Å². The number of rotatable bonds is 5. The Bertz CT molecular complexity index is 776. The van der Waals surface area contributed by atoms with Crippen LogP contribution in [-0.4, -0.2) is 39.5 Å². The summed E-state index contributed by atoms with van der Waals surface area (Å²) in [5, 5.41) is 33.4. The second-order valence-electron chi connectivity index (χ2n) is 4.38. The highest BCUT2D eigenvalue weighted by Crippen LogP contribution is 2.25. The first-order valence-corrected chi connectivity index (χ1v) is 6.36. The van der Waals surface area contributed by atoms with E-state index in [9.17, 15) is 14.7 Å². The van der Waals surface area contributed by atoms with E-state index in [0.29, 0.717) is 5.69 Å². The van der Waals surface area contributed by atoms with Crippen LogP contribution in [0.15, 0.2) is 40.7 Å². The summed E-state index contributed by atoms with van der Waals surface area (Å²) in [4.78, 5) is 22.1. The number of aromatic nitrogens is 2. The normalized spacial score (nSPS) is 10.7. The summed E-state index contributed by atoms with van der Waals surface area (Å²) in [7, 11) is 1.24. The Hall–Kier alpha value is -3.36. The number of carbonyl (C=O) groups excluding carboxylic acids is 1. The fraction of sp³-hybridized carbons (Fsp3) is 0.143. The molecule has 118 valence electrons. The van der Waals surface area contributed by atoms with Crippen LogP contribution in [0.5, 0.6) is 5.75 Å². The third-order valence-electron chi connectivity index (χ3n) is 2.74. The minimum atomic E-state index is -1.08. The maximum absolute atomic E-state index is 11.4. The van der Waals surface area contributed by atoms with Crippen molar-refractivity contribution in [3.63, 3.8) is 0 Å². The van der Waals surface area contributed by atoms with Gasteiger partial charge in [0.05, 0.1) is 31.0 Å². The van der Waals surface area contributed by atoms with Gasteiger partial charge < -0.3 is 14.9 Å². The number of azo groups is 1. The molecule has 1 aromatic heterocycles. The number of ether oxygens (including phenoxy) is 1. The fourth-order valence-electron chi connectivity index (χ4n) is 1.68. The zero-order valence-electron chi connectivity index (χ0n) is 12.0. The predicted molar refractivity (Wildman–Crippen MR) is 77.0 cm³/mol. The highest BCUT2D eigenvalue weighted by Gasteiger charge is 2.09. The average molecular weight is 316 g/mol. The lowest BCUT2D eigenvalue weighted by Crippen LogP contribution is -2.01. The molecule has 23 heavy (non-hydrogen) atoms. The summed E-state index contributed by atoms with van der Waals surface area (Å²) in [5.41, 5.74) is 0.710. The largest absolute Gasteiger partial charge is 0.508 e. The molecule has 0 fully saturated rings. The van der Waals surface area contributed by atoms with Gasteiger partial charge in [0, 0.05) is 11.6 Å². The molecule has 0 saturated carbocycles. The Morgan fingerprint density at radius 3 is 2.74 bits per heavy atom. The van der Waals surface area contributed by atoms with Crippen LogP contribution in [0, 0.1) is 0 Å². The van der Waals surface area contributed by atoms with Gasteiger partial charge in [0.2, 0.25) is 0 Å². The molecule has 0 atom stereocenters. The number of aliphatic carboxylic acids is 1. The van der Waals surface area contributed by atoms with Crippen molar-refractivity contribution < 1.29 is 24.5 Å². The van der Waals surface area contributed by atoms with E-state index in [1.807, 2.05) is 0 Å². The first-order chi connectivity index (χ1) is 11.0. The van der Waals surface area contributed by atoms with Gasteiger partial charge in [0.15, 0.2) is 5.82 Å². The van der Waals surface area contributed by atoms with Crippen molar-refractivity contribution in [3.05, 3.63) is 41.6 Å². The van der Waals surface area contributed by atoms with Crippen molar-refractivity contribution in [2.75, 3.05) is 7.11 Å². The van der Waals surface area contributed by atoms with E-state index in [0.717, 1.165) is 0 Å². The van der Waals surface area contributed by atoms with Crippen molar-refractivity contribution in [1.29, 1.82) is 0 Å². The number of benzene rings is 1. The summed E-state index contributed by atoms with van der Waals surface area (Å²) in [6.07, 6.45) is 0.892. The Balaban J connectivity index is 2.23. The minimum absolute atomic E-state index is 0.0840. The van der Waals surface area contributed by atoms with E-state index in [1.165, 1.54) is 37.6 Å². The summed E-state index contributed by atoms with van der Waals surface area (Å²) in [5.74, 6) is -1.71. The van der Waals surface area contributed by atoms with Gasteiger partial charge in [-0.05, 0) is 18.2 Å². The lowest BCUT2D eigenvalue weighted by Gasteiger charge is -2.02. The topological polar surface area (TPSA) is 134 Å². The summed E-state index contributed by atoms with van der Waals surface area (Å²) in [6, 6.07) is 5.52. The van der Waals surface area contributed by atoms with Crippen molar-refractivity contribution in [1.82, 2.24) is 10.2 Å². The second kappa shape index (κ2) is 7.07. The third-order valence-corrected chi connectivity index (χ3v) is 2.74. The van der Waals surface area contributed by atoms with Gasteiger partial charge in [0.25, 0.3) is 0 Å². The predicted octanol–water partition coefficient (Wildman–Crippen LogP) is 2.01. The molecule has 0 aliphatic rings. The van der Waals surface area contributed by atoms with E-state index in [2.05, 4.69) is 25.2 Å². The smallest absolute Gasteiger partial charge is 0.339 e. The molecule has 0 radical (unpaired) electrons. The van der Waals surface area contributed by atoms with Crippen LogP contribution in [0.25, 0.3) is 0 Å². The number of phenolic OH excluding ortho intramolecular Hbond substituents is 1. The Labute approximate surface area is 130 Å². The van der Waals surface area contributed by atoms with Gasteiger partial charge in [-0.3, -0.25) is 4.79 Å². The van der Waals surface area contributed by atoms with Gasteiger partial charge in [0.1, 0.15) is 5.75 Å². The number of hydrogen-bond donors (Lipinski definition) is 2. The molecule has 0 unspecified atom stereocenters. The minimum Gasteiger partial charge on any atom is -0.508 e. The van der Waals surface area contributed by atoms with Crippen molar-refractivity contribution >= 4 is 23.4 Å². The third kappa shape index (κ3) is 4.30. The molecule has 0 bridgehead atoms. The van der Waals surface area contributed by atoms with Crippen LogP contribution in [0.4, 0.5) is 11.5 Å². The van der Waals surface area contributed by atoms with Gasteiger partial charge in [-0.25, -0.2) is 4.79 Å². The molecule has 0 amide bonds. The van der Waals surface area contributed by atoms with Crippen LogP contribution in [-0.2, 0) is 16.0 Å². The molecule has 0 aliphatic carbocycles. The van der Waals surface area contributed by atoms with Crippen LogP contribution < -0.4 is 0 Å². The zero-order valence-corrected chi connectivity index (χ0v) is 12.0. The lowest BCUT2D eigenvalue weighted by atomic mass is 10.1. The Morgan fingerprint density at radius 2 is 2.04 bits per heavy atom. The number of esters is 1. The molecule has 1 heterocycles. The van der Waals surface area contributed by atoms with E-state index in [1.54, 1.807) is 0 Å². The SMILES string of the molecule is COC(=O)c1cnnc(N=Nc2ccc(O)c(CC(=O)O)c2)c1. The number of hydrogen-bond acceptors (Lipinski definition) is 8. The molecular formula is C14H12N4O5. The first-order valence-electron chi connectivity index (χ1n) is 6.36. The summed E-state index contributed by atoms with van der Waals surface area (Å²) >= 11 is 0. The van der Waals surface area contributed by atoms with Gasteiger partial charge in [-0.2, -0.15) is 5.10 Å². The highest BCUT2D eigenvalue weighted by molar-refractivity contribution is 5.89. The monoisotopic (exact) mass is 316 g/mol. The molecule has 0 saturated heterocycles. The molecule has 2 aromatic rings. The number of carbonyl (C=O) groups is 2. The maximum atomic E-state index is 11.4. The Kier molecular flexibility index (Phi) is 4.92. The zero-order chi connectivity index (χ0) is 16.8. The highest BCUT2D eigenvalue weighted by atomic mass is 16.5. The van der Waals surface area contributed by atoms with Crippen LogP contribution in [0.2, 0.25) is 0 Å². The Morgan fingerprint density at radius 1 is 1.26 bits per heavy atom. The van der Waals surface area contributed by atoms with Crippen molar-refractivity contribution in [2.45, 2.75) is 6.42 Å². The van der Waals surface area contributed by atoms with Crippen LogP contribution in [0.1, 0.15) is 15.9 Å². The summed E-state index contributed by atoms with van der Waals surface area (Å²) < 4.78 is 4.56. The molecule has 9 heteroatoms. The van der Waals surface area contributed by atoms with E-state index in [-0.39, 0.29) is 29.1 Å². The number of nitrogens with zero attached hydrogens (tertiary/aromatic N) is 4. The number of phenols is 1. The van der Waals surface area contributed by atoms with E-state index < -0.39 is 11.9 Å². The van der Waals surface area contributed by atoms with Crippen LogP contribution in [0.3, 0.4) is 0 Å². The summed E-state index contributed by atoms with van der Waals surface area (Å²) in [6.45, 7) is 0. The van der Waals surface area contributed by atoms with Gasteiger partial charge in [-0.15, -0.1) is 15.3 Å². The quantitative estimate of drug-likeness (QED) is 0.636. The molecule has 0 spiro atoms. The number of aromatic hydroxyl groups is 1. The molecule has 1 aromatic carbocycles. The standard InChI is InChI=1S/C14H12N4O5/c1-23-14(22)9-5-12(17-15-7-9)18-16-10-2-3-11(19)8(4-10)6-13(20)21/h2-5,7,19H,6H2,1H3,(H,20,21). The second-order valence-corrected chi connectivity index (χ2v) is 4.38. The average Bonchev–Trinajstić information content (AvgIpc) is 2.54. The van der Waals surface area contributed by atoms with Gasteiger partial charge in [-0.1, -0.05) is 0 Å². The van der Waals surface area contributed by atoms with Crippen molar-refractivity contribution in [2.24, 2.45) is 10.2 Å². The van der Waals surface area contributed by atoms with Crippen molar-refractivity contribution in [3.8, 4) is 5.75 Å². The molecule has 0 aliphatic heterocycles. The lowest BCUT2D eigenvalue weighted by molar-refractivity contribution is -0.136. The molecule has 2 N–H and O–H groups in total. The van der Waals surface area contributed by atoms with Gasteiger partial charge >= 0.3 is 11.9 Å². The molecule has 2 rings (SSSR count). The van der Waals surface area contributed by atoms with Crippen LogP contribution >= 0.6 is 0 Å². The fourth-order valence-corrected chi connectivity index (χ4v) is 1.68.